The molecule has 2 aromatic heterocycles. The van der Waals surface area contributed by atoms with E-state index in [9.17, 15) is 25.0 Å². The van der Waals surface area contributed by atoms with Gasteiger partial charge in [-0.05, 0) is 12.1 Å². The Labute approximate surface area is 170 Å². The molecule has 29 heavy (non-hydrogen) atoms. The van der Waals surface area contributed by atoms with Crippen molar-refractivity contribution in [2.75, 3.05) is 5.32 Å². The van der Waals surface area contributed by atoms with Crippen LogP contribution in [0.1, 0.15) is 9.67 Å². The highest BCUT2D eigenvalue weighted by atomic mass is 32.1. The van der Waals surface area contributed by atoms with Crippen molar-refractivity contribution in [3.8, 4) is 11.3 Å². The van der Waals surface area contributed by atoms with E-state index in [1.165, 1.54) is 46.9 Å². The van der Waals surface area contributed by atoms with Gasteiger partial charge >= 0.3 is 0 Å². The lowest BCUT2D eigenvalue weighted by molar-refractivity contribution is -0.384. The second-order valence-electron chi connectivity index (χ2n) is 5.89. The summed E-state index contributed by atoms with van der Waals surface area (Å²) in [5.41, 5.74) is 1.01. The summed E-state index contributed by atoms with van der Waals surface area (Å²) < 4.78 is 0.761. The summed E-state index contributed by atoms with van der Waals surface area (Å²) in [6.07, 6.45) is 0. The third-order valence-corrected chi connectivity index (χ3v) is 5.88. The molecule has 0 saturated heterocycles. The molecule has 0 atom stereocenters. The van der Waals surface area contributed by atoms with Gasteiger partial charge in [-0.1, -0.05) is 12.1 Å². The van der Waals surface area contributed by atoms with Gasteiger partial charge in [0.05, 0.1) is 20.4 Å². The molecule has 9 nitrogen and oxygen atoms in total. The number of thiazole rings is 1. The number of thiophene rings is 1. The second-order valence-corrected chi connectivity index (χ2v) is 7.83. The molecule has 0 bridgehead atoms. The lowest BCUT2D eigenvalue weighted by Crippen LogP contribution is -2.09. The fraction of sp³-hybridized carbons (Fsp3) is 0. The Kier molecular flexibility index (Phi) is 4.74. The first-order chi connectivity index (χ1) is 13.9. The number of carbonyl (C=O) groups is 1. The van der Waals surface area contributed by atoms with Crippen LogP contribution in [0, 0.1) is 20.2 Å². The monoisotopic (exact) mass is 426 g/mol. The van der Waals surface area contributed by atoms with Gasteiger partial charge < -0.3 is 0 Å². The van der Waals surface area contributed by atoms with Crippen molar-refractivity contribution in [1.82, 2.24) is 4.98 Å². The topological polar surface area (TPSA) is 128 Å². The summed E-state index contributed by atoms with van der Waals surface area (Å²) in [4.78, 5) is 38.1. The zero-order valence-corrected chi connectivity index (χ0v) is 16.0. The maximum absolute atomic E-state index is 12.5. The number of nitro benzene ring substituents is 2. The van der Waals surface area contributed by atoms with Crippen LogP contribution in [0.5, 0.6) is 0 Å². The number of nitrogens with zero attached hydrogens (tertiary/aromatic N) is 3. The van der Waals surface area contributed by atoms with Crippen LogP contribution < -0.4 is 5.32 Å². The number of nitro groups is 2. The van der Waals surface area contributed by atoms with E-state index in [4.69, 9.17) is 0 Å². The number of hydrogen-bond donors (Lipinski definition) is 1. The number of rotatable bonds is 5. The minimum Gasteiger partial charge on any atom is -0.297 e. The van der Waals surface area contributed by atoms with Crippen LogP contribution in [-0.2, 0) is 0 Å². The third kappa shape index (κ3) is 3.81. The predicted molar refractivity (Wildman–Crippen MR) is 111 cm³/mol. The first-order valence-electron chi connectivity index (χ1n) is 8.10. The Morgan fingerprint density at radius 3 is 2.52 bits per heavy atom. The first-order valence-corrected chi connectivity index (χ1v) is 9.80. The van der Waals surface area contributed by atoms with E-state index in [0.29, 0.717) is 26.7 Å². The number of aromatic nitrogens is 1. The highest BCUT2D eigenvalue weighted by Gasteiger charge is 2.16. The molecule has 0 fully saturated rings. The average Bonchev–Trinajstić information content (AvgIpc) is 3.34. The normalized spacial score (nSPS) is 10.8. The smallest absolute Gasteiger partial charge is 0.270 e. The molecule has 0 saturated carbocycles. The fourth-order valence-electron chi connectivity index (χ4n) is 2.66. The molecule has 2 heterocycles. The molecule has 1 N–H and O–H groups in total. The molecule has 144 valence electrons. The van der Waals surface area contributed by atoms with E-state index in [1.54, 1.807) is 29.6 Å². The lowest BCUT2D eigenvalue weighted by atomic mass is 10.1. The van der Waals surface area contributed by atoms with E-state index in [-0.39, 0.29) is 17.3 Å². The summed E-state index contributed by atoms with van der Waals surface area (Å²) in [7, 11) is 0. The van der Waals surface area contributed by atoms with Crippen LogP contribution in [0.25, 0.3) is 21.3 Å². The number of amides is 1. The largest absolute Gasteiger partial charge is 0.297 e. The summed E-state index contributed by atoms with van der Waals surface area (Å²) in [6.45, 7) is 0. The molecule has 0 aliphatic heterocycles. The average molecular weight is 426 g/mol. The van der Waals surface area contributed by atoms with Crippen LogP contribution in [0.3, 0.4) is 0 Å². The Hall–Kier alpha value is -3.70. The van der Waals surface area contributed by atoms with E-state index < -0.39 is 9.85 Å². The van der Waals surface area contributed by atoms with E-state index in [0.717, 1.165) is 4.70 Å². The molecule has 0 spiro atoms. The summed E-state index contributed by atoms with van der Waals surface area (Å²) in [5.74, 6) is -0.381. The van der Waals surface area contributed by atoms with Crippen molar-refractivity contribution >= 4 is 55.2 Å². The molecule has 0 aliphatic carbocycles. The van der Waals surface area contributed by atoms with Crippen molar-refractivity contribution in [3.05, 3.63) is 79.0 Å². The SMILES string of the molecule is O=C(Nc1nc(-c2cccc([N+](=O)[O-])c2)cs1)c1cc2cc([N+](=O)[O-])ccc2s1. The number of anilines is 1. The molecule has 2 aromatic carbocycles. The highest BCUT2D eigenvalue weighted by molar-refractivity contribution is 7.21. The number of benzene rings is 2. The van der Waals surface area contributed by atoms with Gasteiger partial charge in [-0.2, -0.15) is 0 Å². The molecule has 0 radical (unpaired) electrons. The van der Waals surface area contributed by atoms with E-state index in [1.807, 2.05) is 0 Å². The summed E-state index contributed by atoms with van der Waals surface area (Å²) in [5, 5.41) is 27.2. The molecular formula is C18H10N4O5S2. The Morgan fingerprint density at radius 1 is 1.00 bits per heavy atom. The van der Waals surface area contributed by atoms with Gasteiger partial charge in [-0.25, -0.2) is 4.98 Å². The molecule has 0 aliphatic rings. The standard InChI is InChI=1S/C18H10N4O5S2/c23-17(16-8-11-7-13(22(26)27)4-5-15(11)29-16)20-18-19-14(9-28-18)10-2-1-3-12(6-10)21(24)25/h1-9H,(H,19,20,23). The van der Waals surface area contributed by atoms with Crippen molar-refractivity contribution in [3.63, 3.8) is 0 Å². The van der Waals surface area contributed by atoms with Crippen LogP contribution in [-0.4, -0.2) is 20.7 Å². The molecule has 11 heteroatoms. The number of hydrogen-bond acceptors (Lipinski definition) is 8. The summed E-state index contributed by atoms with van der Waals surface area (Å²) in [6, 6.07) is 12.1. The highest BCUT2D eigenvalue weighted by Crippen LogP contribution is 2.31. The minimum atomic E-state index is -0.484. The van der Waals surface area contributed by atoms with Crippen molar-refractivity contribution in [2.45, 2.75) is 0 Å². The molecular weight excluding hydrogens is 416 g/mol. The van der Waals surface area contributed by atoms with Gasteiger partial charge in [0.25, 0.3) is 17.3 Å². The van der Waals surface area contributed by atoms with Crippen LogP contribution >= 0.6 is 22.7 Å². The van der Waals surface area contributed by atoms with Gasteiger partial charge in [0, 0.05) is 45.3 Å². The van der Waals surface area contributed by atoms with Crippen LogP contribution in [0.2, 0.25) is 0 Å². The van der Waals surface area contributed by atoms with Crippen molar-refractivity contribution in [1.29, 1.82) is 0 Å². The number of non-ortho nitro benzene ring substituents is 2. The van der Waals surface area contributed by atoms with Gasteiger partial charge in [-0.3, -0.25) is 30.3 Å². The third-order valence-electron chi connectivity index (χ3n) is 4.01. The quantitative estimate of drug-likeness (QED) is 0.349. The summed E-state index contributed by atoms with van der Waals surface area (Å²) >= 11 is 2.42. The number of carbonyl (C=O) groups excluding carboxylic acids is 1. The fourth-order valence-corrected chi connectivity index (χ4v) is 4.31. The number of nitrogens with one attached hydrogen (secondary N) is 1. The van der Waals surface area contributed by atoms with Crippen molar-refractivity contribution in [2.24, 2.45) is 0 Å². The first kappa shape index (κ1) is 18.7. The predicted octanol–water partition coefficient (Wildman–Crippen LogP) is 5.09. The van der Waals surface area contributed by atoms with Crippen LogP contribution in [0.15, 0.2) is 53.9 Å². The maximum atomic E-state index is 12.5. The van der Waals surface area contributed by atoms with Crippen molar-refractivity contribution < 1.29 is 14.6 Å². The lowest BCUT2D eigenvalue weighted by Gasteiger charge is -1.99. The zero-order chi connectivity index (χ0) is 20.5. The second kappa shape index (κ2) is 7.37. The Balaban J connectivity index is 1.55. The molecule has 4 aromatic rings. The molecule has 4 rings (SSSR count). The van der Waals surface area contributed by atoms with Gasteiger partial charge in [0.2, 0.25) is 0 Å². The van der Waals surface area contributed by atoms with E-state index in [2.05, 4.69) is 10.3 Å². The van der Waals surface area contributed by atoms with Gasteiger partial charge in [0.1, 0.15) is 0 Å². The number of fused-ring (bicyclic) bond motifs is 1. The Morgan fingerprint density at radius 2 is 1.76 bits per heavy atom. The molecule has 1 amide bonds. The Bertz CT molecular complexity index is 1280. The zero-order valence-electron chi connectivity index (χ0n) is 14.4. The minimum absolute atomic E-state index is 0.0382. The molecule has 0 unspecified atom stereocenters. The van der Waals surface area contributed by atoms with Gasteiger partial charge in [0.15, 0.2) is 5.13 Å². The maximum Gasteiger partial charge on any atom is 0.270 e. The van der Waals surface area contributed by atoms with Gasteiger partial charge in [-0.15, -0.1) is 22.7 Å². The van der Waals surface area contributed by atoms with Crippen LogP contribution in [0.4, 0.5) is 16.5 Å². The van der Waals surface area contributed by atoms with E-state index >= 15 is 0 Å².